The normalized spacial score (nSPS) is 21.6. The van der Waals surface area contributed by atoms with Gasteiger partial charge in [-0.05, 0) is 23.9 Å². The van der Waals surface area contributed by atoms with Gasteiger partial charge in [-0.2, -0.15) is 0 Å². The van der Waals surface area contributed by atoms with E-state index in [1.54, 1.807) is 18.5 Å². The van der Waals surface area contributed by atoms with Crippen molar-refractivity contribution in [3.8, 4) is 0 Å². The van der Waals surface area contributed by atoms with Crippen LogP contribution in [0, 0.1) is 0 Å². The summed E-state index contributed by atoms with van der Waals surface area (Å²) in [5, 5.41) is 2.83. The Bertz CT molecular complexity index is 476. The van der Waals surface area contributed by atoms with Gasteiger partial charge in [0.1, 0.15) is 0 Å². The van der Waals surface area contributed by atoms with E-state index in [0.29, 0.717) is 5.03 Å². The summed E-state index contributed by atoms with van der Waals surface area (Å²) in [7, 11) is -1.02. The van der Waals surface area contributed by atoms with Crippen LogP contribution in [0.25, 0.3) is 0 Å². The molecular formula is C9H8ClF2N3S. The van der Waals surface area contributed by atoms with Gasteiger partial charge in [0, 0.05) is 12.4 Å². The summed E-state index contributed by atoms with van der Waals surface area (Å²) < 4.78 is 25.5. The fourth-order valence-corrected chi connectivity index (χ4v) is 3.19. The Morgan fingerprint density at radius 2 is 2.19 bits per heavy atom. The first-order valence-corrected chi connectivity index (χ1v) is 6.19. The third-order valence-corrected chi connectivity index (χ3v) is 4.30. The highest BCUT2D eigenvalue weighted by molar-refractivity contribution is 8.32. The van der Waals surface area contributed by atoms with Crippen LogP contribution in [0.1, 0.15) is 18.9 Å². The predicted octanol–water partition coefficient (Wildman–Crippen LogP) is 3.33. The zero-order valence-corrected chi connectivity index (χ0v) is 9.88. The van der Waals surface area contributed by atoms with Crippen molar-refractivity contribution in [3.05, 3.63) is 28.7 Å². The highest BCUT2D eigenvalue weighted by atomic mass is 35.5. The van der Waals surface area contributed by atoms with Crippen molar-refractivity contribution in [2.24, 2.45) is 4.99 Å². The average molecular weight is 264 g/mol. The Labute approximate surface area is 98.6 Å². The maximum Gasteiger partial charge on any atom is 0.267 e. The SMILES string of the molecule is CC1=NC=C[SH]1c1nc(Cl)ncc1C(F)F. The standard InChI is InChI=1S/C9H8ClF2N3S/c1-5-13-2-3-16(5)8-6(7(11)12)4-14-9(10)15-8/h2-4,7,16H,1H3. The summed E-state index contributed by atoms with van der Waals surface area (Å²) in [6, 6.07) is 0. The fourth-order valence-electron chi connectivity index (χ4n) is 1.31. The van der Waals surface area contributed by atoms with E-state index < -0.39 is 17.3 Å². The first kappa shape index (κ1) is 11.5. The Kier molecular flexibility index (Phi) is 3.20. The Hall–Kier alpha value is -1.01. The van der Waals surface area contributed by atoms with Crippen molar-refractivity contribution in [2.45, 2.75) is 18.4 Å². The van der Waals surface area contributed by atoms with Crippen LogP contribution in [0.4, 0.5) is 8.78 Å². The van der Waals surface area contributed by atoms with Gasteiger partial charge in [-0.3, -0.25) is 4.99 Å². The second-order valence-electron chi connectivity index (χ2n) is 3.06. The molecule has 0 aliphatic carbocycles. The van der Waals surface area contributed by atoms with Crippen molar-refractivity contribution in [3.63, 3.8) is 0 Å². The van der Waals surface area contributed by atoms with Crippen molar-refractivity contribution in [2.75, 3.05) is 0 Å². The van der Waals surface area contributed by atoms with E-state index in [2.05, 4.69) is 15.0 Å². The number of halogens is 3. The summed E-state index contributed by atoms with van der Waals surface area (Å²) in [4.78, 5) is 11.5. The molecule has 0 aromatic carbocycles. The van der Waals surface area contributed by atoms with E-state index in [1.807, 2.05) is 0 Å². The van der Waals surface area contributed by atoms with Crippen molar-refractivity contribution in [1.82, 2.24) is 9.97 Å². The van der Waals surface area contributed by atoms with E-state index in [1.165, 1.54) is 0 Å². The quantitative estimate of drug-likeness (QED) is 0.505. The van der Waals surface area contributed by atoms with E-state index in [-0.39, 0.29) is 10.8 Å². The minimum Gasteiger partial charge on any atom is -0.255 e. The molecule has 1 aliphatic heterocycles. The lowest BCUT2D eigenvalue weighted by Gasteiger charge is -2.16. The molecule has 2 heterocycles. The molecule has 7 heteroatoms. The summed E-state index contributed by atoms with van der Waals surface area (Å²) in [5.41, 5.74) is -0.170. The number of aliphatic imine (C=N–C) groups is 1. The zero-order chi connectivity index (χ0) is 11.7. The Morgan fingerprint density at radius 1 is 1.44 bits per heavy atom. The summed E-state index contributed by atoms with van der Waals surface area (Å²) >= 11 is 5.63. The van der Waals surface area contributed by atoms with Gasteiger partial charge in [0.25, 0.3) is 6.43 Å². The summed E-state index contributed by atoms with van der Waals surface area (Å²) in [6.07, 6.45) is 0.0835. The Balaban J connectivity index is 2.50. The lowest BCUT2D eigenvalue weighted by atomic mass is 10.4. The number of rotatable bonds is 2. The molecule has 0 spiro atoms. The molecule has 1 aromatic heterocycles. The molecule has 0 amide bonds. The van der Waals surface area contributed by atoms with Crippen LogP contribution in [0.2, 0.25) is 5.28 Å². The largest absolute Gasteiger partial charge is 0.267 e. The molecule has 16 heavy (non-hydrogen) atoms. The second kappa shape index (κ2) is 4.47. The van der Waals surface area contributed by atoms with E-state index in [9.17, 15) is 8.78 Å². The first-order valence-electron chi connectivity index (χ1n) is 4.40. The van der Waals surface area contributed by atoms with Gasteiger partial charge in [-0.25, -0.2) is 18.7 Å². The van der Waals surface area contributed by atoms with E-state index in [0.717, 1.165) is 11.2 Å². The minimum atomic E-state index is -2.60. The third kappa shape index (κ3) is 2.08. The van der Waals surface area contributed by atoms with Crippen molar-refractivity contribution < 1.29 is 8.78 Å². The second-order valence-corrected chi connectivity index (χ2v) is 5.51. The number of aromatic nitrogens is 2. The molecule has 0 radical (unpaired) electrons. The average Bonchev–Trinajstić information content (AvgIpc) is 2.63. The molecular weight excluding hydrogens is 256 g/mol. The lowest BCUT2D eigenvalue weighted by molar-refractivity contribution is 0.147. The number of nitrogens with zero attached hydrogens (tertiary/aromatic N) is 3. The summed E-state index contributed by atoms with van der Waals surface area (Å²) in [5.74, 6) is 0. The molecule has 1 unspecified atom stereocenters. The van der Waals surface area contributed by atoms with Crippen LogP contribution in [-0.2, 0) is 0 Å². The first-order chi connectivity index (χ1) is 7.59. The maximum atomic E-state index is 12.8. The number of hydrogen-bond acceptors (Lipinski definition) is 3. The van der Waals surface area contributed by atoms with Gasteiger partial charge < -0.3 is 0 Å². The van der Waals surface area contributed by atoms with Gasteiger partial charge in [-0.1, -0.05) is 0 Å². The highest BCUT2D eigenvalue weighted by Crippen LogP contribution is 2.44. The molecule has 2 rings (SSSR count). The van der Waals surface area contributed by atoms with Gasteiger partial charge in [0.2, 0.25) is 5.28 Å². The van der Waals surface area contributed by atoms with Crippen molar-refractivity contribution >= 4 is 27.5 Å². The molecule has 1 aliphatic rings. The highest BCUT2D eigenvalue weighted by Gasteiger charge is 2.22. The molecule has 0 bridgehead atoms. The third-order valence-electron chi connectivity index (χ3n) is 2.06. The van der Waals surface area contributed by atoms with Gasteiger partial charge in [0.05, 0.1) is 15.6 Å². The Morgan fingerprint density at radius 3 is 2.75 bits per heavy atom. The molecule has 0 N–H and O–H groups in total. The molecule has 86 valence electrons. The van der Waals surface area contributed by atoms with Gasteiger partial charge >= 0.3 is 0 Å². The zero-order valence-electron chi connectivity index (χ0n) is 8.23. The molecule has 0 saturated carbocycles. The molecule has 0 fully saturated rings. The van der Waals surface area contributed by atoms with Crippen molar-refractivity contribution in [1.29, 1.82) is 0 Å². The van der Waals surface area contributed by atoms with Gasteiger partial charge in [0.15, 0.2) is 0 Å². The summed E-state index contributed by atoms with van der Waals surface area (Å²) in [6.45, 7) is 1.79. The molecule has 3 nitrogen and oxygen atoms in total. The molecule has 1 atom stereocenters. The van der Waals surface area contributed by atoms with Crippen LogP contribution in [-0.4, -0.2) is 15.0 Å². The van der Waals surface area contributed by atoms with E-state index in [4.69, 9.17) is 11.6 Å². The van der Waals surface area contributed by atoms with Crippen LogP contribution < -0.4 is 0 Å². The van der Waals surface area contributed by atoms with Crippen LogP contribution in [0.15, 0.2) is 27.8 Å². The van der Waals surface area contributed by atoms with Crippen LogP contribution >= 0.6 is 22.5 Å². The molecule has 1 aromatic rings. The maximum absolute atomic E-state index is 12.8. The topological polar surface area (TPSA) is 38.1 Å². The van der Waals surface area contributed by atoms with Crippen LogP contribution in [0.3, 0.4) is 0 Å². The predicted molar refractivity (Wildman–Crippen MR) is 61.5 cm³/mol. The smallest absolute Gasteiger partial charge is 0.255 e. The van der Waals surface area contributed by atoms with E-state index >= 15 is 0 Å². The van der Waals surface area contributed by atoms with Crippen LogP contribution in [0.5, 0.6) is 0 Å². The lowest BCUT2D eigenvalue weighted by Crippen LogP contribution is -2.00. The fraction of sp³-hybridized carbons (Fsp3) is 0.222. The monoisotopic (exact) mass is 263 g/mol. The number of hydrogen-bond donors (Lipinski definition) is 1. The minimum absolute atomic E-state index is 0.0185. The number of thiol groups is 1. The number of alkyl halides is 2. The molecule has 0 saturated heterocycles. The van der Waals surface area contributed by atoms with Gasteiger partial charge in [-0.15, -0.1) is 10.9 Å².